The summed E-state index contributed by atoms with van der Waals surface area (Å²) in [6.45, 7) is 1.87. The number of aryl methyl sites for hydroxylation is 1. The third-order valence-corrected chi connectivity index (χ3v) is 3.97. The summed E-state index contributed by atoms with van der Waals surface area (Å²) in [4.78, 5) is 23.9. The molecular weight excluding hydrogens is 356 g/mol. The second kappa shape index (κ2) is 10.5. The Bertz CT molecular complexity index is 895. The van der Waals surface area contributed by atoms with Gasteiger partial charge in [0.2, 0.25) is 0 Å². The summed E-state index contributed by atoms with van der Waals surface area (Å²) in [5, 5.41) is 11.8. The van der Waals surface area contributed by atoms with Crippen molar-refractivity contribution in [3.8, 4) is 11.8 Å². The summed E-state index contributed by atoms with van der Waals surface area (Å²) in [7, 11) is 1.59. The molecule has 2 aromatic rings. The van der Waals surface area contributed by atoms with Crippen molar-refractivity contribution in [1.29, 1.82) is 5.26 Å². The van der Waals surface area contributed by atoms with E-state index in [4.69, 9.17) is 14.7 Å². The van der Waals surface area contributed by atoms with Crippen LogP contribution < -0.4 is 10.1 Å². The molecule has 0 heterocycles. The van der Waals surface area contributed by atoms with Crippen LogP contribution in [0.15, 0.2) is 54.1 Å². The van der Waals surface area contributed by atoms with Gasteiger partial charge in [0.15, 0.2) is 6.61 Å². The van der Waals surface area contributed by atoms with Crippen LogP contribution >= 0.6 is 0 Å². The van der Waals surface area contributed by atoms with E-state index in [0.29, 0.717) is 18.5 Å². The zero-order valence-corrected chi connectivity index (χ0v) is 15.9. The second-order valence-corrected chi connectivity index (χ2v) is 6.07. The zero-order chi connectivity index (χ0) is 20.4. The highest BCUT2D eigenvalue weighted by Gasteiger charge is 2.13. The molecule has 0 aliphatic heterocycles. The number of benzene rings is 2. The highest BCUT2D eigenvalue weighted by atomic mass is 16.5. The third kappa shape index (κ3) is 6.29. The van der Waals surface area contributed by atoms with E-state index in [2.05, 4.69) is 5.32 Å². The van der Waals surface area contributed by atoms with E-state index in [0.717, 1.165) is 16.9 Å². The highest BCUT2D eigenvalue weighted by molar-refractivity contribution is 5.98. The number of amides is 1. The molecule has 1 N–H and O–H groups in total. The Morgan fingerprint density at radius 2 is 1.86 bits per heavy atom. The molecule has 0 aliphatic rings. The summed E-state index contributed by atoms with van der Waals surface area (Å²) in [6, 6.07) is 16.7. The number of methoxy groups -OCH3 is 1. The molecule has 0 atom stereocenters. The Morgan fingerprint density at radius 1 is 1.14 bits per heavy atom. The van der Waals surface area contributed by atoms with Gasteiger partial charge < -0.3 is 14.8 Å². The maximum Gasteiger partial charge on any atom is 0.349 e. The number of nitriles is 1. The highest BCUT2D eigenvalue weighted by Crippen LogP contribution is 2.17. The van der Waals surface area contributed by atoms with Crippen LogP contribution in [0, 0.1) is 18.3 Å². The first-order valence-electron chi connectivity index (χ1n) is 8.77. The zero-order valence-electron chi connectivity index (χ0n) is 15.9. The second-order valence-electron chi connectivity index (χ2n) is 6.07. The third-order valence-electron chi connectivity index (χ3n) is 3.97. The van der Waals surface area contributed by atoms with Gasteiger partial charge >= 0.3 is 5.97 Å². The molecule has 0 radical (unpaired) electrons. The summed E-state index contributed by atoms with van der Waals surface area (Å²) >= 11 is 0. The number of hydrogen-bond acceptors (Lipinski definition) is 5. The van der Waals surface area contributed by atoms with Gasteiger partial charge in [0.1, 0.15) is 17.4 Å². The van der Waals surface area contributed by atoms with Crippen molar-refractivity contribution in [2.45, 2.75) is 13.3 Å². The van der Waals surface area contributed by atoms with E-state index >= 15 is 0 Å². The molecule has 1 amide bonds. The molecule has 0 fully saturated rings. The average molecular weight is 378 g/mol. The minimum atomic E-state index is -0.831. The predicted octanol–water partition coefficient (Wildman–Crippen LogP) is 2.81. The lowest BCUT2D eigenvalue weighted by atomic mass is 10.1. The van der Waals surface area contributed by atoms with Crippen LogP contribution in [-0.4, -0.2) is 32.1 Å². The molecular formula is C22H22N2O4. The fourth-order valence-corrected chi connectivity index (χ4v) is 2.47. The number of carbonyl (C=O) groups is 2. The number of carbonyl (C=O) groups excluding carboxylic acids is 2. The summed E-state index contributed by atoms with van der Waals surface area (Å²) in [6.07, 6.45) is 2.02. The Kier molecular flexibility index (Phi) is 7.79. The van der Waals surface area contributed by atoms with Crippen LogP contribution in [0.1, 0.15) is 16.7 Å². The SMILES string of the molecule is COc1ccccc1CCNC(=O)COC(=O)/C(C#N)=C/c1ccc(C)cc1. The van der Waals surface area contributed by atoms with Crippen LogP contribution in [0.3, 0.4) is 0 Å². The summed E-state index contributed by atoms with van der Waals surface area (Å²) in [5.74, 6) is -0.512. The van der Waals surface area contributed by atoms with Crippen LogP contribution in [0.2, 0.25) is 0 Å². The van der Waals surface area contributed by atoms with Gasteiger partial charge in [-0.1, -0.05) is 48.0 Å². The van der Waals surface area contributed by atoms with Crippen LogP contribution in [-0.2, 0) is 20.7 Å². The number of esters is 1. The molecule has 0 aliphatic carbocycles. The number of rotatable bonds is 8. The summed E-state index contributed by atoms with van der Waals surface area (Å²) < 4.78 is 10.2. The minimum absolute atomic E-state index is 0.161. The van der Waals surface area contributed by atoms with Gasteiger partial charge in [-0.2, -0.15) is 5.26 Å². The molecule has 0 unspecified atom stereocenters. The normalized spacial score (nSPS) is 10.7. The van der Waals surface area contributed by atoms with Crippen LogP contribution in [0.25, 0.3) is 6.08 Å². The molecule has 0 spiro atoms. The van der Waals surface area contributed by atoms with Gasteiger partial charge in [0.25, 0.3) is 5.91 Å². The Balaban J connectivity index is 1.81. The van der Waals surface area contributed by atoms with E-state index < -0.39 is 18.5 Å². The van der Waals surface area contributed by atoms with E-state index in [-0.39, 0.29) is 5.57 Å². The number of ether oxygens (including phenoxy) is 2. The first-order chi connectivity index (χ1) is 13.5. The maximum absolute atomic E-state index is 12.0. The summed E-state index contributed by atoms with van der Waals surface area (Å²) in [5.41, 5.74) is 2.59. The lowest BCUT2D eigenvalue weighted by Crippen LogP contribution is -2.30. The average Bonchev–Trinajstić information content (AvgIpc) is 2.72. The number of nitrogens with zero attached hydrogens (tertiary/aromatic N) is 1. The molecule has 2 aromatic carbocycles. The lowest BCUT2D eigenvalue weighted by molar-refractivity contribution is -0.144. The van der Waals surface area contributed by atoms with Crippen molar-refractivity contribution in [3.05, 3.63) is 70.8 Å². The van der Waals surface area contributed by atoms with E-state index in [9.17, 15) is 9.59 Å². The monoisotopic (exact) mass is 378 g/mol. The molecule has 0 saturated carbocycles. The predicted molar refractivity (Wildman–Crippen MR) is 105 cm³/mol. The van der Waals surface area contributed by atoms with Crippen molar-refractivity contribution in [2.75, 3.05) is 20.3 Å². The molecule has 0 bridgehead atoms. The number of hydrogen-bond donors (Lipinski definition) is 1. The molecule has 28 heavy (non-hydrogen) atoms. The molecule has 0 saturated heterocycles. The van der Waals surface area contributed by atoms with Crippen molar-refractivity contribution >= 4 is 18.0 Å². The Labute approximate surface area is 164 Å². The topological polar surface area (TPSA) is 88.4 Å². The lowest BCUT2D eigenvalue weighted by Gasteiger charge is -2.09. The van der Waals surface area contributed by atoms with Crippen molar-refractivity contribution < 1.29 is 19.1 Å². The Hall–Kier alpha value is -3.59. The molecule has 2 rings (SSSR count). The number of para-hydroxylation sites is 1. The van der Waals surface area contributed by atoms with Gasteiger partial charge in [-0.3, -0.25) is 4.79 Å². The van der Waals surface area contributed by atoms with Crippen molar-refractivity contribution in [3.63, 3.8) is 0 Å². The van der Waals surface area contributed by atoms with Crippen LogP contribution in [0.4, 0.5) is 0 Å². The van der Waals surface area contributed by atoms with Crippen molar-refractivity contribution in [1.82, 2.24) is 5.32 Å². The molecule has 144 valence electrons. The van der Waals surface area contributed by atoms with E-state index in [1.165, 1.54) is 6.08 Å². The van der Waals surface area contributed by atoms with Crippen LogP contribution in [0.5, 0.6) is 5.75 Å². The molecule has 6 nitrogen and oxygen atoms in total. The molecule has 0 aromatic heterocycles. The Morgan fingerprint density at radius 3 is 2.54 bits per heavy atom. The van der Waals surface area contributed by atoms with Gasteiger partial charge in [-0.25, -0.2) is 4.79 Å². The maximum atomic E-state index is 12.0. The minimum Gasteiger partial charge on any atom is -0.496 e. The van der Waals surface area contributed by atoms with Gasteiger partial charge in [-0.15, -0.1) is 0 Å². The van der Waals surface area contributed by atoms with Gasteiger partial charge in [0.05, 0.1) is 7.11 Å². The first-order valence-corrected chi connectivity index (χ1v) is 8.77. The fourth-order valence-electron chi connectivity index (χ4n) is 2.47. The largest absolute Gasteiger partial charge is 0.496 e. The van der Waals surface area contributed by atoms with E-state index in [1.807, 2.05) is 43.3 Å². The number of nitrogens with one attached hydrogen (secondary N) is 1. The van der Waals surface area contributed by atoms with E-state index in [1.54, 1.807) is 25.3 Å². The molecule has 6 heteroatoms. The quantitative estimate of drug-likeness (QED) is 0.433. The standard InChI is InChI=1S/C22H22N2O4/c1-16-7-9-17(10-8-16)13-19(14-23)22(26)28-15-21(25)24-12-11-18-5-3-4-6-20(18)27-2/h3-10,13H,11-12,15H2,1-2H3,(H,24,25)/b19-13+. The van der Waals surface area contributed by atoms with Gasteiger partial charge in [-0.05, 0) is 36.6 Å². The van der Waals surface area contributed by atoms with Crippen molar-refractivity contribution in [2.24, 2.45) is 0 Å². The smallest absolute Gasteiger partial charge is 0.349 e. The van der Waals surface area contributed by atoms with Gasteiger partial charge in [0, 0.05) is 6.54 Å². The first kappa shape index (κ1) is 20.7. The fraction of sp³-hybridized carbons (Fsp3) is 0.227.